The summed E-state index contributed by atoms with van der Waals surface area (Å²) in [5, 5.41) is 6.84. The van der Waals surface area contributed by atoms with E-state index in [0.29, 0.717) is 12.0 Å². The molecule has 1 atom stereocenters. The van der Waals surface area contributed by atoms with Gasteiger partial charge in [0.2, 0.25) is 0 Å². The predicted molar refractivity (Wildman–Crippen MR) is 134 cm³/mol. The van der Waals surface area contributed by atoms with Gasteiger partial charge in [-0.15, -0.1) is 24.0 Å². The monoisotopic (exact) mass is 528 g/mol. The first-order valence-corrected chi connectivity index (χ1v) is 10.9. The number of hydrogen-bond acceptors (Lipinski definition) is 4. The maximum Gasteiger partial charge on any atom is 0.191 e. The fourth-order valence-electron chi connectivity index (χ4n) is 3.82. The molecule has 30 heavy (non-hydrogen) atoms. The van der Waals surface area contributed by atoms with Crippen molar-refractivity contribution in [1.29, 1.82) is 0 Å². The number of imidazole rings is 1. The number of nitrogens with zero attached hydrogens (tertiary/aromatic N) is 4. The highest BCUT2D eigenvalue weighted by Gasteiger charge is 2.23. The maximum atomic E-state index is 5.51. The van der Waals surface area contributed by atoms with Crippen LogP contribution in [0.4, 0.5) is 0 Å². The fourth-order valence-corrected chi connectivity index (χ4v) is 3.82. The maximum absolute atomic E-state index is 5.51. The minimum Gasteiger partial charge on any atom is -0.379 e. The average Bonchev–Trinajstić information content (AvgIpc) is 3.13. The molecule has 1 aliphatic heterocycles. The van der Waals surface area contributed by atoms with Crippen LogP contribution >= 0.6 is 24.0 Å². The predicted octanol–water partition coefficient (Wildman–Crippen LogP) is 2.72. The van der Waals surface area contributed by atoms with Gasteiger partial charge in [-0.05, 0) is 31.4 Å². The van der Waals surface area contributed by atoms with Crippen LogP contribution in [-0.4, -0.2) is 72.2 Å². The number of morpholine rings is 1. The summed E-state index contributed by atoms with van der Waals surface area (Å²) >= 11 is 0. The summed E-state index contributed by atoms with van der Waals surface area (Å²) in [6.07, 6.45) is 5.03. The zero-order valence-corrected chi connectivity index (χ0v) is 21.1. The lowest BCUT2D eigenvalue weighted by molar-refractivity contribution is 0.00867. The van der Waals surface area contributed by atoms with Crippen molar-refractivity contribution < 1.29 is 4.74 Å². The fraction of sp³-hybridized carbons (Fsp3) is 0.636. The van der Waals surface area contributed by atoms with Crippen molar-refractivity contribution in [2.45, 2.75) is 40.2 Å². The summed E-state index contributed by atoms with van der Waals surface area (Å²) in [4.78, 5) is 12.2. The van der Waals surface area contributed by atoms with Crippen LogP contribution in [0.15, 0.2) is 29.5 Å². The van der Waals surface area contributed by atoms with Gasteiger partial charge < -0.3 is 19.8 Å². The van der Waals surface area contributed by atoms with Crippen LogP contribution in [0.2, 0.25) is 0 Å². The normalized spacial score (nSPS) is 16.5. The SMILES string of the molecule is CCNC(=NCC(C(C)C)N1CCOCC1)NCCc1cn2cccc(C)c2n1.I. The molecule has 1 aliphatic rings. The molecule has 0 saturated carbocycles. The van der Waals surface area contributed by atoms with Gasteiger partial charge >= 0.3 is 0 Å². The summed E-state index contributed by atoms with van der Waals surface area (Å²) in [6, 6.07) is 4.59. The molecule has 2 N–H and O–H groups in total. The number of hydrogen-bond donors (Lipinski definition) is 2. The van der Waals surface area contributed by atoms with Crippen molar-refractivity contribution in [3.63, 3.8) is 0 Å². The van der Waals surface area contributed by atoms with E-state index in [1.54, 1.807) is 0 Å². The van der Waals surface area contributed by atoms with Crippen LogP contribution in [0.1, 0.15) is 32.0 Å². The Morgan fingerprint density at radius 1 is 1.27 bits per heavy atom. The smallest absolute Gasteiger partial charge is 0.191 e. The minimum absolute atomic E-state index is 0. The quantitative estimate of drug-likeness (QED) is 0.314. The van der Waals surface area contributed by atoms with Gasteiger partial charge in [-0.1, -0.05) is 19.9 Å². The second-order valence-electron chi connectivity index (χ2n) is 8.01. The highest BCUT2D eigenvalue weighted by molar-refractivity contribution is 14.0. The standard InChI is InChI=1S/C22H36N6O.HI/c1-5-23-22(25-15-20(17(2)3)27-11-13-29-14-12-27)24-9-8-19-16-28-10-6-7-18(4)21(28)26-19;/h6-7,10,16-17,20H,5,8-9,11-15H2,1-4H3,(H2,23,24,25);1H. The van der Waals surface area contributed by atoms with Gasteiger partial charge in [0.1, 0.15) is 5.65 Å². The van der Waals surface area contributed by atoms with Crippen molar-refractivity contribution >= 4 is 35.6 Å². The van der Waals surface area contributed by atoms with Crippen LogP contribution in [0.3, 0.4) is 0 Å². The number of halogens is 1. The van der Waals surface area contributed by atoms with Crippen LogP contribution in [0, 0.1) is 12.8 Å². The van der Waals surface area contributed by atoms with Crippen molar-refractivity contribution in [2.24, 2.45) is 10.9 Å². The van der Waals surface area contributed by atoms with Gasteiger partial charge in [-0.3, -0.25) is 9.89 Å². The zero-order chi connectivity index (χ0) is 20.6. The first kappa shape index (κ1) is 24.9. The average molecular weight is 528 g/mol. The minimum atomic E-state index is 0. The number of nitrogens with one attached hydrogen (secondary N) is 2. The molecule has 2 aromatic rings. The second kappa shape index (κ2) is 12.5. The molecule has 0 amide bonds. The number of aromatic nitrogens is 2. The van der Waals surface area contributed by atoms with E-state index in [4.69, 9.17) is 14.7 Å². The lowest BCUT2D eigenvalue weighted by Gasteiger charge is -2.36. The molecule has 1 fully saturated rings. The molecule has 1 saturated heterocycles. The van der Waals surface area contributed by atoms with Crippen LogP contribution < -0.4 is 10.6 Å². The van der Waals surface area contributed by atoms with Gasteiger partial charge in [-0.2, -0.15) is 0 Å². The molecule has 8 heteroatoms. The van der Waals surface area contributed by atoms with Crippen molar-refractivity contribution in [3.8, 4) is 0 Å². The Kier molecular flexibility index (Phi) is 10.3. The Hall–Kier alpha value is -1.39. The number of rotatable bonds is 8. The molecule has 7 nitrogen and oxygen atoms in total. The van der Waals surface area contributed by atoms with Gasteiger partial charge in [-0.25, -0.2) is 4.98 Å². The molecule has 0 aliphatic carbocycles. The van der Waals surface area contributed by atoms with E-state index in [-0.39, 0.29) is 24.0 Å². The van der Waals surface area contributed by atoms with E-state index in [0.717, 1.165) is 69.7 Å². The number of aliphatic imine (C=N–C) groups is 1. The Balaban J connectivity index is 0.00000320. The molecule has 3 heterocycles. The van der Waals surface area contributed by atoms with E-state index >= 15 is 0 Å². The molecule has 168 valence electrons. The summed E-state index contributed by atoms with van der Waals surface area (Å²) in [5.74, 6) is 1.44. The third kappa shape index (κ3) is 6.81. The third-order valence-electron chi connectivity index (χ3n) is 5.47. The van der Waals surface area contributed by atoms with Crippen molar-refractivity contribution in [1.82, 2.24) is 24.9 Å². The van der Waals surface area contributed by atoms with Gasteiger partial charge in [0.05, 0.1) is 25.5 Å². The molecule has 2 aromatic heterocycles. The molecular formula is C22H37IN6O. The largest absolute Gasteiger partial charge is 0.379 e. The second-order valence-corrected chi connectivity index (χ2v) is 8.01. The summed E-state index contributed by atoms with van der Waals surface area (Å²) in [5.41, 5.74) is 3.33. The zero-order valence-electron chi connectivity index (χ0n) is 18.7. The van der Waals surface area contributed by atoms with E-state index in [2.05, 4.69) is 72.2 Å². The lowest BCUT2D eigenvalue weighted by Crippen LogP contribution is -2.48. The van der Waals surface area contributed by atoms with Crippen molar-refractivity contribution in [3.05, 3.63) is 35.8 Å². The highest BCUT2D eigenvalue weighted by atomic mass is 127. The van der Waals surface area contributed by atoms with Crippen LogP contribution in [-0.2, 0) is 11.2 Å². The van der Waals surface area contributed by atoms with Crippen LogP contribution in [0.5, 0.6) is 0 Å². The third-order valence-corrected chi connectivity index (χ3v) is 5.47. The first-order valence-electron chi connectivity index (χ1n) is 10.9. The van der Waals surface area contributed by atoms with E-state index < -0.39 is 0 Å². The van der Waals surface area contributed by atoms with Gasteiger partial charge in [0.15, 0.2) is 5.96 Å². The Morgan fingerprint density at radius 2 is 2.03 bits per heavy atom. The van der Waals surface area contributed by atoms with E-state index in [1.807, 2.05) is 0 Å². The molecule has 0 radical (unpaired) electrons. The molecule has 0 spiro atoms. The van der Waals surface area contributed by atoms with E-state index in [1.165, 1.54) is 5.56 Å². The summed E-state index contributed by atoms with van der Waals surface area (Å²) in [6.45, 7) is 14.8. The Labute approximate surface area is 197 Å². The lowest BCUT2D eigenvalue weighted by atomic mass is 10.0. The van der Waals surface area contributed by atoms with E-state index in [9.17, 15) is 0 Å². The molecule has 1 unspecified atom stereocenters. The highest BCUT2D eigenvalue weighted by Crippen LogP contribution is 2.13. The summed E-state index contributed by atoms with van der Waals surface area (Å²) in [7, 11) is 0. The Morgan fingerprint density at radius 3 is 2.70 bits per heavy atom. The van der Waals surface area contributed by atoms with Crippen molar-refractivity contribution in [2.75, 3.05) is 45.9 Å². The molecule has 0 bridgehead atoms. The first-order chi connectivity index (χ1) is 14.1. The van der Waals surface area contributed by atoms with Crippen LogP contribution in [0.25, 0.3) is 5.65 Å². The van der Waals surface area contributed by atoms with Gasteiger partial charge in [0.25, 0.3) is 0 Å². The number of fused-ring (bicyclic) bond motifs is 1. The molecule has 3 rings (SSSR count). The number of guanidine groups is 1. The number of pyridine rings is 1. The topological polar surface area (TPSA) is 66.2 Å². The molecular weight excluding hydrogens is 491 g/mol. The van der Waals surface area contributed by atoms with Gasteiger partial charge in [0, 0.05) is 51.0 Å². The Bertz CT molecular complexity index is 800. The number of ether oxygens (including phenoxy) is 1. The molecule has 0 aromatic carbocycles. The summed E-state index contributed by atoms with van der Waals surface area (Å²) < 4.78 is 7.61. The number of aryl methyl sites for hydroxylation is 1.